The summed E-state index contributed by atoms with van der Waals surface area (Å²) >= 11 is 5.80. The normalized spacial score (nSPS) is 9.75. The minimum Gasteiger partial charge on any atom is -0.488 e. The van der Waals surface area contributed by atoms with Crippen molar-refractivity contribution >= 4 is 11.6 Å². The first kappa shape index (κ1) is 14.4. The lowest BCUT2D eigenvalue weighted by Crippen LogP contribution is -1.97. The minimum atomic E-state index is -0.397. The zero-order valence-electron chi connectivity index (χ0n) is 10.6. The van der Waals surface area contributed by atoms with Crippen molar-refractivity contribution in [3.8, 4) is 17.6 Å². The largest absolute Gasteiger partial charge is 0.488 e. The van der Waals surface area contributed by atoms with Gasteiger partial charge in [-0.05, 0) is 35.9 Å². The molecule has 20 heavy (non-hydrogen) atoms. The van der Waals surface area contributed by atoms with E-state index in [2.05, 4.69) is 11.8 Å². The molecule has 0 aliphatic heterocycles. The number of hydrogen-bond donors (Lipinski definition) is 1. The highest BCUT2D eigenvalue weighted by Crippen LogP contribution is 2.20. The van der Waals surface area contributed by atoms with Crippen LogP contribution in [0.3, 0.4) is 0 Å². The highest BCUT2D eigenvalue weighted by molar-refractivity contribution is 6.30. The molecule has 0 radical (unpaired) electrons. The average Bonchev–Trinajstić information content (AvgIpc) is 2.46. The standard InChI is InChI=1S/C16H12ClFO2/c17-14-5-3-12(4-6-14)11-20-16-8-7-15(18)10-13(16)2-1-9-19/h3-8,10,19H,9,11H2. The number of benzene rings is 2. The van der Waals surface area contributed by atoms with Gasteiger partial charge in [0.15, 0.2) is 0 Å². The third-order valence-electron chi connectivity index (χ3n) is 2.55. The maximum atomic E-state index is 13.2. The fourth-order valence-electron chi connectivity index (χ4n) is 1.60. The van der Waals surface area contributed by atoms with E-state index in [4.69, 9.17) is 21.4 Å². The lowest BCUT2D eigenvalue weighted by Gasteiger charge is -2.08. The van der Waals surface area contributed by atoms with Crippen LogP contribution in [0.2, 0.25) is 5.02 Å². The van der Waals surface area contributed by atoms with E-state index in [0.29, 0.717) is 22.9 Å². The molecular weight excluding hydrogens is 279 g/mol. The molecule has 2 aromatic rings. The molecule has 0 aromatic heterocycles. The third-order valence-corrected chi connectivity index (χ3v) is 2.80. The maximum absolute atomic E-state index is 13.2. The molecule has 2 nitrogen and oxygen atoms in total. The van der Waals surface area contributed by atoms with Gasteiger partial charge < -0.3 is 9.84 Å². The Kier molecular flexibility index (Phi) is 5.00. The van der Waals surface area contributed by atoms with Gasteiger partial charge in [-0.1, -0.05) is 35.6 Å². The predicted octanol–water partition coefficient (Wildman–Crippen LogP) is 3.40. The Bertz CT molecular complexity index is 642. The fourth-order valence-corrected chi connectivity index (χ4v) is 1.73. The topological polar surface area (TPSA) is 29.5 Å². The quantitative estimate of drug-likeness (QED) is 0.878. The molecule has 0 amide bonds. The summed E-state index contributed by atoms with van der Waals surface area (Å²) in [7, 11) is 0. The minimum absolute atomic E-state index is 0.285. The van der Waals surface area contributed by atoms with Crippen molar-refractivity contribution < 1.29 is 14.2 Å². The molecule has 1 N–H and O–H groups in total. The van der Waals surface area contributed by atoms with E-state index in [1.165, 1.54) is 18.2 Å². The van der Waals surface area contributed by atoms with Crippen LogP contribution >= 0.6 is 11.6 Å². The summed E-state index contributed by atoms with van der Waals surface area (Å²) in [6.07, 6.45) is 0. The monoisotopic (exact) mass is 290 g/mol. The summed E-state index contributed by atoms with van der Waals surface area (Å²) in [6, 6.07) is 11.4. The molecule has 0 aliphatic carbocycles. The van der Waals surface area contributed by atoms with Crippen LogP contribution in [0.15, 0.2) is 42.5 Å². The van der Waals surface area contributed by atoms with Gasteiger partial charge in [0.1, 0.15) is 24.8 Å². The van der Waals surface area contributed by atoms with E-state index in [1.54, 1.807) is 12.1 Å². The van der Waals surface area contributed by atoms with Crippen LogP contribution in [0.5, 0.6) is 5.75 Å². The Morgan fingerprint density at radius 2 is 1.90 bits per heavy atom. The van der Waals surface area contributed by atoms with Gasteiger partial charge in [0.25, 0.3) is 0 Å². The van der Waals surface area contributed by atoms with Crippen molar-refractivity contribution in [1.29, 1.82) is 0 Å². The molecule has 0 heterocycles. The molecule has 0 saturated carbocycles. The molecule has 0 bridgehead atoms. The molecule has 0 atom stereocenters. The number of ether oxygens (including phenoxy) is 1. The zero-order valence-corrected chi connectivity index (χ0v) is 11.3. The fraction of sp³-hybridized carbons (Fsp3) is 0.125. The van der Waals surface area contributed by atoms with E-state index >= 15 is 0 Å². The van der Waals surface area contributed by atoms with Crippen molar-refractivity contribution in [1.82, 2.24) is 0 Å². The van der Waals surface area contributed by atoms with Gasteiger partial charge in [-0.25, -0.2) is 4.39 Å². The molecule has 0 spiro atoms. The molecule has 0 fully saturated rings. The summed E-state index contributed by atoms with van der Waals surface area (Å²) in [5.74, 6) is 5.22. The molecule has 2 rings (SSSR count). The van der Waals surface area contributed by atoms with E-state index in [1.807, 2.05) is 12.1 Å². The van der Waals surface area contributed by atoms with Crippen molar-refractivity contribution in [2.45, 2.75) is 6.61 Å². The first-order valence-electron chi connectivity index (χ1n) is 5.95. The van der Waals surface area contributed by atoms with Gasteiger partial charge in [-0.15, -0.1) is 0 Å². The van der Waals surface area contributed by atoms with Crippen LogP contribution in [0.1, 0.15) is 11.1 Å². The van der Waals surface area contributed by atoms with Gasteiger partial charge >= 0.3 is 0 Å². The van der Waals surface area contributed by atoms with Gasteiger partial charge in [0.05, 0.1) is 5.56 Å². The molecule has 0 unspecified atom stereocenters. The number of rotatable bonds is 3. The number of aliphatic hydroxyl groups excluding tert-OH is 1. The van der Waals surface area contributed by atoms with Crippen LogP contribution in [-0.4, -0.2) is 11.7 Å². The Hall–Kier alpha value is -2.02. The molecule has 0 saturated heterocycles. The van der Waals surface area contributed by atoms with Crippen molar-refractivity contribution in [2.75, 3.05) is 6.61 Å². The van der Waals surface area contributed by atoms with Gasteiger partial charge in [0, 0.05) is 5.02 Å². The number of hydrogen-bond acceptors (Lipinski definition) is 2. The highest BCUT2D eigenvalue weighted by atomic mass is 35.5. The highest BCUT2D eigenvalue weighted by Gasteiger charge is 2.04. The van der Waals surface area contributed by atoms with Crippen LogP contribution in [-0.2, 0) is 6.61 Å². The summed E-state index contributed by atoms with van der Waals surface area (Å²) in [4.78, 5) is 0. The van der Waals surface area contributed by atoms with Crippen LogP contribution in [0.25, 0.3) is 0 Å². The van der Waals surface area contributed by atoms with E-state index < -0.39 is 5.82 Å². The number of halogens is 2. The van der Waals surface area contributed by atoms with Crippen molar-refractivity contribution in [2.24, 2.45) is 0 Å². The summed E-state index contributed by atoms with van der Waals surface area (Å²) < 4.78 is 18.8. The Labute approximate surface area is 121 Å². The Morgan fingerprint density at radius 3 is 2.60 bits per heavy atom. The predicted molar refractivity (Wildman–Crippen MR) is 76.1 cm³/mol. The van der Waals surface area contributed by atoms with Gasteiger partial charge in [-0.2, -0.15) is 0 Å². The van der Waals surface area contributed by atoms with E-state index in [0.717, 1.165) is 5.56 Å². The lowest BCUT2D eigenvalue weighted by atomic mass is 10.2. The average molecular weight is 291 g/mol. The number of aliphatic hydroxyl groups is 1. The van der Waals surface area contributed by atoms with Crippen molar-refractivity contribution in [3.05, 3.63) is 64.4 Å². The second-order valence-electron chi connectivity index (χ2n) is 4.02. The van der Waals surface area contributed by atoms with E-state index in [9.17, 15) is 4.39 Å². The van der Waals surface area contributed by atoms with Crippen molar-refractivity contribution in [3.63, 3.8) is 0 Å². The summed E-state index contributed by atoms with van der Waals surface area (Å²) in [5.41, 5.74) is 1.35. The smallest absolute Gasteiger partial charge is 0.135 e. The molecule has 4 heteroatoms. The third kappa shape index (κ3) is 3.99. The molecule has 102 valence electrons. The van der Waals surface area contributed by atoms with E-state index in [-0.39, 0.29) is 6.61 Å². The summed E-state index contributed by atoms with van der Waals surface area (Å²) in [5, 5.41) is 9.36. The Balaban J connectivity index is 2.14. The Morgan fingerprint density at radius 1 is 1.15 bits per heavy atom. The van der Waals surface area contributed by atoms with Crippen LogP contribution in [0.4, 0.5) is 4.39 Å². The first-order chi connectivity index (χ1) is 9.69. The second kappa shape index (κ2) is 6.95. The van der Waals surface area contributed by atoms with Gasteiger partial charge in [0.2, 0.25) is 0 Å². The zero-order chi connectivity index (χ0) is 14.4. The summed E-state index contributed by atoms with van der Waals surface area (Å²) in [6.45, 7) is 0.0454. The SMILES string of the molecule is OCC#Cc1cc(F)ccc1OCc1ccc(Cl)cc1. The van der Waals surface area contributed by atoms with Gasteiger partial charge in [-0.3, -0.25) is 0 Å². The molecule has 0 aliphatic rings. The molecular formula is C16H12ClFO2. The lowest BCUT2D eigenvalue weighted by molar-refractivity contribution is 0.305. The van der Waals surface area contributed by atoms with Crippen LogP contribution in [0, 0.1) is 17.7 Å². The molecule has 2 aromatic carbocycles. The second-order valence-corrected chi connectivity index (χ2v) is 4.45. The first-order valence-corrected chi connectivity index (χ1v) is 6.33. The van der Waals surface area contributed by atoms with Crippen LogP contribution < -0.4 is 4.74 Å². The maximum Gasteiger partial charge on any atom is 0.135 e.